The maximum absolute atomic E-state index is 12.5. The largest absolute Gasteiger partial charge is 0.481 e. The number of carbonyl (C=O) groups excluding carboxylic acids is 2. The second-order valence-corrected chi connectivity index (χ2v) is 8.64. The number of carbonyl (C=O) groups is 3. The molecule has 2 N–H and O–H groups in total. The van der Waals surface area contributed by atoms with Gasteiger partial charge < -0.3 is 10.2 Å². The first kappa shape index (κ1) is 23.6. The maximum Gasteiger partial charge on any atom is 0.309 e. The maximum atomic E-state index is 12.5. The van der Waals surface area contributed by atoms with E-state index < -0.39 is 29.8 Å². The number of carboxylic acids is 1. The third-order valence-electron chi connectivity index (χ3n) is 6.02. The van der Waals surface area contributed by atoms with Crippen LogP contribution >= 0.6 is 11.6 Å². The number of aromatic nitrogens is 1. The van der Waals surface area contributed by atoms with Gasteiger partial charge in [0.2, 0.25) is 0 Å². The van der Waals surface area contributed by atoms with E-state index >= 15 is 0 Å². The molecule has 7 nitrogen and oxygen atoms in total. The average Bonchev–Trinajstić information content (AvgIpc) is 3.08. The number of hydrogen-bond acceptors (Lipinski definition) is 5. The molecule has 0 aliphatic carbocycles. The van der Waals surface area contributed by atoms with Crippen LogP contribution in [0.3, 0.4) is 0 Å². The number of aliphatic hydroxyl groups is 1. The van der Waals surface area contributed by atoms with Crippen LogP contribution < -0.4 is 0 Å². The van der Waals surface area contributed by atoms with Gasteiger partial charge in [-0.2, -0.15) is 0 Å². The highest BCUT2D eigenvalue weighted by Gasteiger charge is 2.36. The Hall–Kier alpha value is -3.55. The highest BCUT2D eigenvalue weighted by atomic mass is 35.5. The zero-order valence-corrected chi connectivity index (χ0v) is 19.0. The summed E-state index contributed by atoms with van der Waals surface area (Å²) in [5.74, 6) is -3.15. The molecule has 0 radical (unpaired) electrons. The Morgan fingerprint density at radius 3 is 2.15 bits per heavy atom. The number of fused-ring (bicyclic) bond motifs is 1. The zero-order valence-electron chi connectivity index (χ0n) is 18.2. The summed E-state index contributed by atoms with van der Waals surface area (Å²) in [5.41, 5.74) is 3.20. The van der Waals surface area contributed by atoms with Gasteiger partial charge in [0.25, 0.3) is 11.8 Å². The van der Waals surface area contributed by atoms with Gasteiger partial charge in [-0.3, -0.25) is 24.3 Å². The lowest BCUT2D eigenvalue weighted by Crippen LogP contribution is -2.36. The molecule has 1 aromatic heterocycles. The van der Waals surface area contributed by atoms with E-state index in [4.69, 9.17) is 11.6 Å². The van der Waals surface area contributed by atoms with Crippen molar-refractivity contribution in [2.75, 3.05) is 6.54 Å². The number of imide groups is 1. The second kappa shape index (κ2) is 10.2. The lowest BCUT2D eigenvalue weighted by molar-refractivity contribution is -0.146. The minimum atomic E-state index is -1.17. The number of benzene rings is 2. The molecule has 0 bridgehead atoms. The van der Waals surface area contributed by atoms with Gasteiger partial charge in [-0.05, 0) is 55.2 Å². The molecule has 2 heterocycles. The van der Waals surface area contributed by atoms with Crippen LogP contribution in [0.1, 0.15) is 39.1 Å². The predicted octanol–water partition coefficient (Wildman–Crippen LogP) is 4.08. The van der Waals surface area contributed by atoms with E-state index in [2.05, 4.69) is 4.98 Å². The van der Waals surface area contributed by atoms with Crippen molar-refractivity contribution in [3.05, 3.63) is 88.6 Å². The van der Waals surface area contributed by atoms with Gasteiger partial charge in [-0.1, -0.05) is 41.9 Å². The van der Waals surface area contributed by atoms with Gasteiger partial charge >= 0.3 is 5.97 Å². The molecule has 34 heavy (non-hydrogen) atoms. The molecular formula is C26H23ClN2O5. The van der Waals surface area contributed by atoms with Gasteiger partial charge in [0.15, 0.2) is 0 Å². The summed E-state index contributed by atoms with van der Waals surface area (Å²) in [5, 5.41) is 20.9. The molecule has 0 saturated heterocycles. The summed E-state index contributed by atoms with van der Waals surface area (Å²) in [6, 6.07) is 17.6. The third kappa shape index (κ3) is 5.00. The smallest absolute Gasteiger partial charge is 0.309 e. The highest BCUT2D eigenvalue weighted by molar-refractivity contribution is 6.30. The molecule has 0 unspecified atom stereocenters. The number of nitrogens with zero attached hydrogens (tertiary/aromatic N) is 2. The number of aliphatic hydroxyl groups excluding tert-OH is 1. The number of halogens is 1. The van der Waals surface area contributed by atoms with E-state index in [1.165, 1.54) is 0 Å². The first-order valence-corrected chi connectivity index (χ1v) is 11.3. The van der Waals surface area contributed by atoms with Gasteiger partial charge in [-0.15, -0.1) is 0 Å². The molecule has 2 amide bonds. The van der Waals surface area contributed by atoms with Crippen molar-refractivity contribution in [1.29, 1.82) is 0 Å². The lowest BCUT2D eigenvalue weighted by Gasteiger charge is -2.22. The van der Waals surface area contributed by atoms with Crippen molar-refractivity contribution < 1.29 is 24.6 Å². The monoisotopic (exact) mass is 478 g/mol. The van der Waals surface area contributed by atoms with Crippen LogP contribution in [0.2, 0.25) is 5.02 Å². The molecule has 174 valence electrons. The van der Waals surface area contributed by atoms with Gasteiger partial charge in [-0.25, -0.2) is 0 Å². The van der Waals surface area contributed by atoms with E-state index in [9.17, 15) is 24.6 Å². The average molecular weight is 479 g/mol. The van der Waals surface area contributed by atoms with E-state index in [1.54, 1.807) is 42.6 Å². The Labute approximate surface area is 201 Å². The Morgan fingerprint density at radius 2 is 1.59 bits per heavy atom. The van der Waals surface area contributed by atoms with Gasteiger partial charge in [0.05, 0.1) is 28.8 Å². The van der Waals surface area contributed by atoms with Gasteiger partial charge in [0.1, 0.15) is 0 Å². The summed E-state index contributed by atoms with van der Waals surface area (Å²) in [7, 11) is 0. The van der Waals surface area contributed by atoms with Crippen molar-refractivity contribution >= 4 is 29.4 Å². The fraction of sp³-hybridized carbons (Fsp3) is 0.231. The van der Waals surface area contributed by atoms with Crippen LogP contribution in [0.5, 0.6) is 0 Å². The fourth-order valence-electron chi connectivity index (χ4n) is 4.07. The van der Waals surface area contributed by atoms with Crippen molar-refractivity contribution in [2.45, 2.75) is 25.4 Å². The van der Waals surface area contributed by atoms with Crippen LogP contribution in [0.4, 0.5) is 0 Å². The number of rotatable bonds is 9. The number of aliphatic carboxylic acids is 1. The third-order valence-corrected chi connectivity index (χ3v) is 6.27. The first-order valence-electron chi connectivity index (χ1n) is 10.9. The molecule has 2 aromatic carbocycles. The number of amides is 2. The lowest BCUT2D eigenvalue weighted by atomic mass is 9.93. The molecule has 2 atom stereocenters. The van der Waals surface area contributed by atoms with Crippen molar-refractivity contribution in [1.82, 2.24) is 9.88 Å². The molecule has 1 aliphatic rings. The Bertz CT molecular complexity index is 1180. The van der Waals surface area contributed by atoms with Crippen molar-refractivity contribution in [2.24, 2.45) is 5.92 Å². The molecule has 0 spiro atoms. The molecule has 0 fully saturated rings. The minimum Gasteiger partial charge on any atom is -0.481 e. The minimum absolute atomic E-state index is 0.0320. The van der Waals surface area contributed by atoms with Crippen LogP contribution in [-0.4, -0.2) is 50.5 Å². The number of pyridine rings is 1. The van der Waals surface area contributed by atoms with E-state index in [-0.39, 0.29) is 19.4 Å². The first-order chi connectivity index (χ1) is 16.3. The number of carboxylic acid groups (broad SMARTS) is 1. The van der Waals surface area contributed by atoms with Crippen LogP contribution in [0.25, 0.3) is 11.3 Å². The van der Waals surface area contributed by atoms with E-state index in [0.717, 1.165) is 21.7 Å². The van der Waals surface area contributed by atoms with E-state index in [0.29, 0.717) is 22.6 Å². The van der Waals surface area contributed by atoms with E-state index in [1.807, 2.05) is 24.3 Å². The number of aryl methyl sites for hydroxylation is 1. The Balaban J connectivity index is 1.34. The normalized spacial score (nSPS) is 14.7. The summed E-state index contributed by atoms with van der Waals surface area (Å²) in [4.78, 5) is 42.3. The van der Waals surface area contributed by atoms with Crippen LogP contribution in [0.15, 0.2) is 66.9 Å². The molecule has 0 saturated carbocycles. The van der Waals surface area contributed by atoms with Crippen LogP contribution in [-0.2, 0) is 11.2 Å². The quantitative estimate of drug-likeness (QED) is 0.448. The fourth-order valence-corrected chi connectivity index (χ4v) is 4.20. The second-order valence-electron chi connectivity index (χ2n) is 8.21. The van der Waals surface area contributed by atoms with Crippen molar-refractivity contribution in [3.8, 4) is 11.3 Å². The van der Waals surface area contributed by atoms with Crippen LogP contribution in [0, 0.1) is 5.92 Å². The summed E-state index contributed by atoms with van der Waals surface area (Å²) in [6.45, 7) is -0.0717. The molecule has 4 rings (SSSR count). The summed E-state index contributed by atoms with van der Waals surface area (Å²) < 4.78 is 0. The Morgan fingerprint density at radius 1 is 0.941 bits per heavy atom. The topological polar surface area (TPSA) is 108 Å². The molecular weight excluding hydrogens is 456 g/mol. The number of hydrogen-bond donors (Lipinski definition) is 2. The highest BCUT2D eigenvalue weighted by Crippen LogP contribution is 2.25. The van der Waals surface area contributed by atoms with Crippen molar-refractivity contribution in [3.63, 3.8) is 0 Å². The zero-order chi connectivity index (χ0) is 24.2. The Kier molecular flexibility index (Phi) is 7.05. The molecule has 3 aromatic rings. The molecule has 1 aliphatic heterocycles. The SMILES string of the molecule is O=C(O)[C@@H](CCN1C(=O)c2ccccc2C1=O)[C@H](O)CCc1ccc(-c2ccc(Cl)cc2)nc1. The summed E-state index contributed by atoms with van der Waals surface area (Å²) >= 11 is 5.92. The predicted molar refractivity (Wildman–Crippen MR) is 127 cm³/mol. The van der Waals surface area contributed by atoms with Gasteiger partial charge in [0, 0.05) is 23.3 Å². The standard InChI is InChI=1S/C26H23ClN2O5/c27-18-9-7-17(8-10-18)22-11-5-16(15-28-22)6-12-23(30)21(26(33)34)13-14-29-24(31)19-3-1-2-4-20(19)25(29)32/h1-5,7-11,15,21,23,30H,6,12-14H2,(H,33,34)/t21-,23+/m0/s1. The molecule has 8 heteroatoms. The summed E-state index contributed by atoms with van der Waals surface area (Å²) in [6.07, 6.45) is 1.18.